The average Bonchev–Trinajstić information content (AvgIpc) is 2.66. The van der Waals surface area contributed by atoms with Crippen LogP contribution in [0.25, 0.3) is 0 Å². The molecule has 1 heterocycles. The summed E-state index contributed by atoms with van der Waals surface area (Å²) in [4.78, 5) is 23.9. The molecule has 1 aromatic rings. The van der Waals surface area contributed by atoms with Crippen molar-refractivity contribution >= 4 is 24.7 Å². The number of amides is 1. The molecule has 3 atom stereocenters. The van der Waals surface area contributed by atoms with Crippen molar-refractivity contribution in [1.29, 1.82) is 0 Å². The summed E-state index contributed by atoms with van der Waals surface area (Å²) in [6, 6.07) is 9.46. The highest BCUT2D eigenvalue weighted by molar-refractivity contribution is 7.81. The van der Waals surface area contributed by atoms with E-state index in [1.54, 1.807) is 0 Å². The van der Waals surface area contributed by atoms with E-state index in [0.29, 0.717) is 6.42 Å². The first-order chi connectivity index (χ1) is 9.37. The van der Waals surface area contributed by atoms with Gasteiger partial charge < -0.3 is 10.2 Å². The molecule has 1 fully saturated rings. The Hall–Kier alpha value is -1.69. The Balaban J connectivity index is 2.34. The first-order valence-corrected chi connectivity index (χ1v) is 6.85. The monoisotopic (exact) mass is 295 g/mol. The van der Waals surface area contributed by atoms with Gasteiger partial charge in [0.1, 0.15) is 5.54 Å². The summed E-state index contributed by atoms with van der Waals surface area (Å²) in [5.41, 5.74) is -0.468. The standard InChI is InChI=1S/C14H17NO4S/c1-14(12(16)17)10(7-9-5-3-2-4-6-9)11(20)8-15(14)13(18)19/h2-6,10-11,20H,7-8H2,1H3,(H,16,17)(H,18,19). The number of benzene rings is 1. The maximum atomic E-state index is 11.6. The second kappa shape index (κ2) is 5.36. The maximum absolute atomic E-state index is 11.6. The summed E-state index contributed by atoms with van der Waals surface area (Å²) in [5, 5.41) is 18.4. The normalized spacial score (nSPS) is 29.4. The zero-order chi connectivity index (χ0) is 14.9. The van der Waals surface area contributed by atoms with Gasteiger partial charge in [-0.1, -0.05) is 30.3 Å². The molecular weight excluding hydrogens is 278 g/mol. The summed E-state index contributed by atoms with van der Waals surface area (Å²) in [5.74, 6) is -1.50. The van der Waals surface area contributed by atoms with Gasteiger partial charge in [-0.25, -0.2) is 9.59 Å². The number of hydrogen-bond donors (Lipinski definition) is 3. The van der Waals surface area contributed by atoms with Crippen LogP contribution in [0.5, 0.6) is 0 Å². The van der Waals surface area contributed by atoms with Gasteiger partial charge in [-0.05, 0) is 18.9 Å². The average molecular weight is 295 g/mol. The van der Waals surface area contributed by atoms with Gasteiger partial charge in [0.15, 0.2) is 0 Å². The number of carboxylic acids is 1. The van der Waals surface area contributed by atoms with Crippen molar-refractivity contribution in [3.8, 4) is 0 Å². The number of likely N-dealkylation sites (tertiary alicyclic amines) is 1. The van der Waals surface area contributed by atoms with Gasteiger partial charge in [0.2, 0.25) is 0 Å². The molecule has 0 bridgehead atoms. The molecule has 1 amide bonds. The molecule has 0 radical (unpaired) electrons. The smallest absolute Gasteiger partial charge is 0.408 e. The molecule has 1 aliphatic heterocycles. The van der Waals surface area contributed by atoms with Crippen molar-refractivity contribution in [1.82, 2.24) is 4.90 Å². The quantitative estimate of drug-likeness (QED) is 0.745. The van der Waals surface area contributed by atoms with Crippen molar-refractivity contribution in [2.24, 2.45) is 5.92 Å². The van der Waals surface area contributed by atoms with Crippen LogP contribution in [-0.2, 0) is 11.2 Å². The van der Waals surface area contributed by atoms with Crippen LogP contribution in [0.2, 0.25) is 0 Å². The molecule has 1 aliphatic rings. The van der Waals surface area contributed by atoms with E-state index in [9.17, 15) is 19.8 Å². The lowest BCUT2D eigenvalue weighted by molar-refractivity contribution is -0.149. The Labute approximate surface area is 122 Å². The largest absolute Gasteiger partial charge is 0.479 e. The van der Waals surface area contributed by atoms with E-state index < -0.39 is 17.6 Å². The van der Waals surface area contributed by atoms with Crippen LogP contribution in [0.4, 0.5) is 4.79 Å². The summed E-state index contributed by atoms with van der Waals surface area (Å²) in [6.45, 7) is 1.59. The zero-order valence-electron chi connectivity index (χ0n) is 11.1. The molecule has 2 rings (SSSR count). The maximum Gasteiger partial charge on any atom is 0.408 e. The highest BCUT2D eigenvalue weighted by atomic mass is 32.1. The second-order valence-electron chi connectivity index (χ2n) is 5.21. The van der Waals surface area contributed by atoms with Gasteiger partial charge in [0.25, 0.3) is 0 Å². The predicted octanol–water partition coefficient (Wildman–Crippen LogP) is 1.98. The van der Waals surface area contributed by atoms with Crippen LogP contribution < -0.4 is 0 Å². The van der Waals surface area contributed by atoms with E-state index in [2.05, 4.69) is 12.6 Å². The van der Waals surface area contributed by atoms with Gasteiger partial charge in [0.05, 0.1) is 0 Å². The van der Waals surface area contributed by atoms with Crippen molar-refractivity contribution in [2.75, 3.05) is 6.54 Å². The van der Waals surface area contributed by atoms with Crippen LogP contribution in [-0.4, -0.2) is 44.5 Å². The topological polar surface area (TPSA) is 77.8 Å². The number of nitrogens with zero attached hydrogens (tertiary/aromatic N) is 1. The lowest BCUT2D eigenvalue weighted by atomic mass is 9.82. The minimum Gasteiger partial charge on any atom is -0.479 e. The Bertz CT molecular complexity index is 521. The van der Waals surface area contributed by atoms with Crippen LogP contribution in [0, 0.1) is 5.92 Å². The van der Waals surface area contributed by atoms with Gasteiger partial charge in [-0.15, -0.1) is 0 Å². The Morgan fingerprint density at radius 3 is 2.45 bits per heavy atom. The molecule has 0 aromatic heterocycles. The fraction of sp³-hybridized carbons (Fsp3) is 0.429. The van der Waals surface area contributed by atoms with E-state index in [1.165, 1.54) is 6.92 Å². The van der Waals surface area contributed by atoms with Crippen LogP contribution in [0.15, 0.2) is 30.3 Å². The number of hydrogen-bond acceptors (Lipinski definition) is 3. The van der Waals surface area contributed by atoms with E-state index in [0.717, 1.165) is 10.5 Å². The third kappa shape index (κ3) is 2.35. The van der Waals surface area contributed by atoms with Crippen molar-refractivity contribution in [2.45, 2.75) is 24.1 Å². The van der Waals surface area contributed by atoms with Gasteiger partial charge in [-0.3, -0.25) is 4.90 Å². The summed E-state index contributed by atoms with van der Waals surface area (Å²) < 4.78 is 0. The SMILES string of the molecule is CC1(C(=O)O)C(Cc2ccccc2)C(S)CN1C(=O)O. The minimum atomic E-state index is -1.45. The Morgan fingerprint density at radius 2 is 1.95 bits per heavy atom. The van der Waals surface area contributed by atoms with Crippen molar-refractivity contribution in [3.05, 3.63) is 35.9 Å². The summed E-state index contributed by atoms with van der Waals surface area (Å²) >= 11 is 4.41. The molecule has 20 heavy (non-hydrogen) atoms. The third-order valence-electron chi connectivity index (χ3n) is 4.08. The molecule has 2 N–H and O–H groups in total. The first kappa shape index (κ1) is 14.7. The molecule has 108 valence electrons. The lowest BCUT2D eigenvalue weighted by Gasteiger charge is -2.33. The molecule has 0 saturated carbocycles. The lowest BCUT2D eigenvalue weighted by Crippen LogP contribution is -2.54. The number of carboxylic acid groups (broad SMARTS) is 2. The molecule has 1 saturated heterocycles. The molecular formula is C14H17NO4S. The second-order valence-corrected chi connectivity index (χ2v) is 5.87. The van der Waals surface area contributed by atoms with Crippen LogP contribution in [0.1, 0.15) is 12.5 Å². The Morgan fingerprint density at radius 1 is 1.35 bits per heavy atom. The summed E-state index contributed by atoms with van der Waals surface area (Å²) in [7, 11) is 0. The minimum absolute atomic E-state index is 0.124. The number of aliphatic carboxylic acids is 1. The highest BCUT2D eigenvalue weighted by Crippen LogP contribution is 2.40. The molecule has 3 unspecified atom stereocenters. The first-order valence-electron chi connectivity index (χ1n) is 6.33. The van der Waals surface area contributed by atoms with E-state index in [1.807, 2.05) is 30.3 Å². The molecule has 1 aromatic carbocycles. The molecule has 0 aliphatic carbocycles. The summed E-state index contributed by atoms with van der Waals surface area (Å²) in [6.07, 6.45) is -0.730. The molecule has 6 heteroatoms. The van der Waals surface area contributed by atoms with Gasteiger partial charge in [0, 0.05) is 17.7 Å². The third-order valence-corrected chi connectivity index (χ3v) is 4.60. The number of carbonyl (C=O) groups is 2. The fourth-order valence-corrected chi connectivity index (χ4v) is 3.39. The zero-order valence-corrected chi connectivity index (χ0v) is 12.0. The Kier molecular flexibility index (Phi) is 3.94. The fourth-order valence-electron chi connectivity index (χ4n) is 2.83. The van der Waals surface area contributed by atoms with E-state index in [-0.39, 0.29) is 17.7 Å². The van der Waals surface area contributed by atoms with E-state index >= 15 is 0 Å². The van der Waals surface area contributed by atoms with Crippen molar-refractivity contribution in [3.63, 3.8) is 0 Å². The van der Waals surface area contributed by atoms with Crippen LogP contribution in [0.3, 0.4) is 0 Å². The highest BCUT2D eigenvalue weighted by Gasteiger charge is 2.56. The molecule has 0 spiro atoms. The van der Waals surface area contributed by atoms with Crippen molar-refractivity contribution < 1.29 is 19.8 Å². The van der Waals surface area contributed by atoms with Gasteiger partial charge in [-0.2, -0.15) is 12.6 Å². The molecule has 5 nitrogen and oxygen atoms in total. The van der Waals surface area contributed by atoms with E-state index in [4.69, 9.17) is 0 Å². The number of rotatable bonds is 3. The number of thiol groups is 1. The predicted molar refractivity (Wildman–Crippen MR) is 77.2 cm³/mol. The van der Waals surface area contributed by atoms with Gasteiger partial charge >= 0.3 is 12.1 Å². The van der Waals surface area contributed by atoms with Crippen LogP contribution >= 0.6 is 12.6 Å².